The number of aromatic hydroxyl groups is 2. The Morgan fingerprint density at radius 1 is 0.857 bits per heavy atom. The van der Waals surface area contributed by atoms with Gasteiger partial charge >= 0.3 is 0 Å². The lowest BCUT2D eigenvalue weighted by molar-refractivity contribution is 0.0850. The first-order valence-electron chi connectivity index (χ1n) is 12.0. The third kappa shape index (κ3) is 4.36. The zero-order valence-electron chi connectivity index (χ0n) is 19.3. The minimum atomic E-state index is -1.03. The second-order valence-corrected chi connectivity index (χ2v) is 10.1. The highest BCUT2D eigenvalue weighted by molar-refractivity contribution is 7.22. The molecule has 7 heteroatoms. The second kappa shape index (κ2) is 9.17. The first kappa shape index (κ1) is 22.4. The van der Waals surface area contributed by atoms with Crippen molar-refractivity contribution in [2.24, 2.45) is 0 Å². The molecule has 2 aliphatic rings. The molecule has 35 heavy (non-hydrogen) atoms. The monoisotopic (exact) mass is 489 g/mol. The predicted molar refractivity (Wildman–Crippen MR) is 136 cm³/mol. The number of rotatable bonds is 7. The van der Waals surface area contributed by atoms with E-state index in [0.717, 1.165) is 57.0 Å². The van der Waals surface area contributed by atoms with Gasteiger partial charge in [-0.2, -0.15) is 9.78 Å². The molecule has 1 aromatic heterocycles. The normalized spacial score (nSPS) is 17.5. The number of thiophene rings is 1. The molecule has 0 bridgehead atoms. The number of ether oxygens (including phenoxy) is 1. The van der Waals surface area contributed by atoms with E-state index in [9.17, 15) is 10.2 Å². The molecule has 3 aromatic carbocycles. The van der Waals surface area contributed by atoms with E-state index in [1.165, 1.54) is 19.3 Å². The summed E-state index contributed by atoms with van der Waals surface area (Å²) in [4.78, 5) is 14.8. The maximum absolute atomic E-state index is 10.1. The fourth-order valence-electron chi connectivity index (χ4n) is 4.84. The molecule has 3 heterocycles. The van der Waals surface area contributed by atoms with E-state index < -0.39 is 5.79 Å². The number of hydrogen-bond acceptors (Lipinski definition) is 7. The molecule has 2 aliphatic heterocycles. The Kier molecular flexibility index (Phi) is 5.86. The van der Waals surface area contributed by atoms with Crippen molar-refractivity contribution in [1.29, 1.82) is 0 Å². The van der Waals surface area contributed by atoms with Crippen LogP contribution >= 0.6 is 11.3 Å². The number of nitrogens with zero attached hydrogens (tertiary/aromatic N) is 1. The van der Waals surface area contributed by atoms with Crippen molar-refractivity contribution in [1.82, 2.24) is 4.90 Å². The molecule has 6 rings (SSSR count). The van der Waals surface area contributed by atoms with Gasteiger partial charge in [-0.05, 0) is 98.2 Å². The number of piperidine rings is 1. The molecule has 0 atom stereocenters. The van der Waals surface area contributed by atoms with E-state index in [-0.39, 0.29) is 11.5 Å². The fraction of sp³-hybridized carbons (Fsp3) is 0.286. The SMILES string of the molecule is Oc1ccc(-c2sc3cc(O)ccc3c2C2(c3ccc(OCCN4CCCCC4)cc3)OO2)cc1. The van der Waals surface area contributed by atoms with Gasteiger partial charge in [0.1, 0.15) is 23.9 Å². The zero-order valence-corrected chi connectivity index (χ0v) is 20.1. The van der Waals surface area contributed by atoms with Gasteiger partial charge in [0.05, 0.1) is 0 Å². The van der Waals surface area contributed by atoms with Crippen LogP contribution in [0.1, 0.15) is 30.4 Å². The number of likely N-dealkylation sites (tertiary alicyclic amines) is 1. The number of phenolic OH excluding ortho intramolecular Hbond substituents is 2. The van der Waals surface area contributed by atoms with Crippen molar-refractivity contribution in [3.8, 4) is 27.7 Å². The maximum atomic E-state index is 10.1. The van der Waals surface area contributed by atoms with Crippen molar-refractivity contribution in [3.63, 3.8) is 0 Å². The molecule has 2 saturated heterocycles. The molecule has 0 amide bonds. The van der Waals surface area contributed by atoms with Gasteiger partial charge < -0.3 is 14.9 Å². The molecule has 0 radical (unpaired) electrons. The third-order valence-corrected chi connectivity index (χ3v) is 7.94. The van der Waals surface area contributed by atoms with Crippen LogP contribution in [0, 0.1) is 0 Å². The van der Waals surface area contributed by atoms with Crippen molar-refractivity contribution in [2.45, 2.75) is 25.0 Å². The summed E-state index contributed by atoms with van der Waals surface area (Å²) in [6, 6.07) is 20.3. The lowest BCUT2D eigenvalue weighted by atomic mass is 9.94. The molecule has 2 N–H and O–H groups in total. The van der Waals surface area contributed by atoms with Gasteiger partial charge in [0.15, 0.2) is 0 Å². The smallest absolute Gasteiger partial charge is 0.286 e. The van der Waals surface area contributed by atoms with E-state index >= 15 is 0 Å². The molecule has 0 unspecified atom stereocenters. The Hall–Kier alpha value is -3.10. The summed E-state index contributed by atoms with van der Waals surface area (Å²) in [6.07, 6.45) is 3.89. The number of fused-ring (bicyclic) bond motifs is 1. The lowest BCUT2D eigenvalue weighted by Crippen LogP contribution is -2.33. The Labute approximate surface area is 207 Å². The van der Waals surface area contributed by atoms with Gasteiger partial charge in [-0.1, -0.05) is 6.42 Å². The molecular formula is C28H27NO5S. The van der Waals surface area contributed by atoms with Gasteiger partial charge in [0.2, 0.25) is 0 Å². The summed E-state index contributed by atoms with van der Waals surface area (Å²) < 4.78 is 6.93. The highest BCUT2D eigenvalue weighted by atomic mass is 32.1. The van der Waals surface area contributed by atoms with Crippen LogP contribution in [-0.2, 0) is 15.6 Å². The van der Waals surface area contributed by atoms with E-state index in [1.54, 1.807) is 35.6 Å². The van der Waals surface area contributed by atoms with Crippen LogP contribution < -0.4 is 4.74 Å². The van der Waals surface area contributed by atoms with E-state index in [2.05, 4.69) is 4.90 Å². The highest BCUT2D eigenvalue weighted by Gasteiger charge is 2.55. The minimum absolute atomic E-state index is 0.207. The molecule has 6 nitrogen and oxygen atoms in total. The summed E-state index contributed by atoms with van der Waals surface area (Å²) in [5.41, 5.74) is 2.70. The standard InChI is InChI=1S/C28H27NO5S/c30-21-8-4-19(5-9-21)27-26(24-13-10-22(31)18-25(24)35-27)28(33-34-28)20-6-11-23(12-7-20)32-17-16-29-14-2-1-3-15-29/h4-13,18,30-31H,1-3,14-17H2. The summed E-state index contributed by atoms with van der Waals surface area (Å²) in [6.45, 7) is 3.94. The van der Waals surface area contributed by atoms with Crippen LogP contribution in [0.4, 0.5) is 0 Å². The second-order valence-electron chi connectivity index (χ2n) is 9.09. The molecule has 0 saturated carbocycles. The summed E-state index contributed by atoms with van der Waals surface area (Å²) in [7, 11) is 0. The molecule has 4 aromatic rings. The highest BCUT2D eigenvalue weighted by Crippen LogP contribution is 2.55. The largest absolute Gasteiger partial charge is 0.508 e. The molecule has 180 valence electrons. The quantitative estimate of drug-likeness (QED) is 0.245. The minimum Gasteiger partial charge on any atom is -0.508 e. The number of hydrogen-bond donors (Lipinski definition) is 2. The van der Waals surface area contributed by atoms with Crippen molar-refractivity contribution in [3.05, 3.63) is 77.9 Å². The average Bonchev–Trinajstić information content (AvgIpc) is 3.59. The van der Waals surface area contributed by atoms with Crippen molar-refractivity contribution < 1.29 is 24.7 Å². The Balaban J connectivity index is 1.29. The van der Waals surface area contributed by atoms with Crippen LogP contribution in [0.5, 0.6) is 17.2 Å². The summed E-state index contributed by atoms with van der Waals surface area (Å²) >= 11 is 1.56. The Morgan fingerprint density at radius 2 is 1.57 bits per heavy atom. The van der Waals surface area contributed by atoms with Crippen molar-refractivity contribution >= 4 is 21.4 Å². The third-order valence-electron chi connectivity index (χ3n) is 6.74. The topological polar surface area (TPSA) is 78.0 Å². The van der Waals surface area contributed by atoms with Crippen LogP contribution in [0.25, 0.3) is 20.5 Å². The van der Waals surface area contributed by atoms with E-state index in [0.29, 0.717) is 6.61 Å². The van der Waals surface area contributed by atoms with Gasteiger partial charge in [-0.15, -0.1) is 11.3 Å². The predicted octanol–water partition coefficient (Wildman–Crippen LogP) is 6.01. The maximum Gasteiger partial charge on any atom is 0.286 e. The molecule has 2 fully saturated rings. The Bertz CT molecular complexity index is 1320. The first-order valence-corrected chi connectivity index (χ1v) is 12.8. The number of phenols is 2. The van der Waals surface area contributed by atoms with Crippen LogP contribution in [0.3, 0.4) is 0 Å². The first-order chi connectivity index (χ1) is 17.1. The molecule has 0 aliphatic carbocycles. The van der Waals surface area contributed by atoms with Gasteiger partial charge in [-0.25, -0.2) is 0 Å². The van der Waals surface area contributed by atoms with Gasteiger partial charge in [-0.3, -0.25) is 4.90 Å². The average molecular weight is 490 g/mol. The lowest BCUT2D eigenvalue weighted by Gasteiger charge is -2.26. The van der Waals surface area contributed by atoms with E-state index in [1.807, 2.05) is 42.5 Å². The van der Waals surface area contributed by atoms with Gasteiger partial charge in [0.25, 0.3) is 5.79 Å². The zero-order chi connectivity index (χ0) is 23.8. The van der Waals surface area contributed by atoms with Crippen LogP contribution in [0.2, 0.25) is 0 Å². The van der Waals surface area contributed by atoms with Crippen LogP contribution in [-0.4, -0.2) is 41.4 Å². The van der Waals surface area contributed by atoms with Crippen molar-refractivity contribution in [2.75, 3.05) is 26.2 Å². The summed E-state index contributed by atoms with van der Waals surface area (Å²) in [5.74, 6) is 0.202. The fourth-order valence-corrected chi connectivity index (χ4v) is 6.12. The number of benzene rings is 3. The molecule has 0 spiro atoms. The van der Waals surface area contributed by atoms with Gasteiger partial charge in [0, 0.05) is 32.6 Å². The van der Waals surface area contributed by atoms with E-state index in [4.69, 9.17) is 14.5 Å². The van der Waals surface area contributed by atoms with Crippen LogP contribution in [0.15, 0.2) is 66.7 Å². The Morgan fingerprint density at radius 3 is 2.29 bits per heavy atom. The summed E-state index contributed by atoms with van der Waals surface area (Å²) in [5, 5.41) is 20.8. The molecular weight excluding hydrogens is 462 g/mol.